The van der Waals surface area contributed by atoms with E-state index in [0.29, 0.717) is 44.1 Å². The molecule has 0 bridgehead atoms. The maximum Gasteiger partial charge on any atom is 0.408 e. The summed E-state index contributed by atoms with van der Waals surface area (Å²) in [5.74, 6) is -2.92. The van der Waals surface area contributed by atoms with E-state index in [9.17, 15) is 28.8 Å². The van der Waals surface area contributed by atoms with Crippen LogP contribution in [0.2, 0.25) is 0 Å². The number of nitrogens with one attached hydrogen (secondary N) is 3. The molecule has 1 heterocycles. The smallest absolute Gasteiger partial charge is 0.408 e. The average molecular weight is 847 g/mol. The number of amides is 4. The molecule has 4 aromatic rings. The number of piperidine rings is 1. The Morgan fingerprint density at radius 3 is 1.85 bits per heavy atom. The molecule has 0 saturated carbocycles. The number of unbranched alkanes of at least 4 members (excludes halogenated alkanes) is 1. The van der Waals surface area contributed by atoms with Crippen molar-refractivity contribution in [3.05, 3.63) is 144 Å². The number of carbonyl (C=O) groups excluding carboxylic acids is 6. The lowest BCUT2D eigenvalue weighted by molar-refractivity contribution is -0.151. The van der Waals surface area contributed by atoms with Crippen LogP contribution in [-0.4, -0.2) is 78.0 Å². The molecule has 1 aliphatic rings. The molecule has 4 amide bonds. The minimum absolute atomic E-state index is 0.00846. The third-order valence-electron chi connectivity index (χ3n) is 10.9. The van der Waals surface area contributed by atoms with Crippen LogP contribution in [0.3, 0.4) is 0 Å². The van der Waals surface area contributed by atoms with Crippen LogP contribution < -0.4 is 16.0 Å². The average Bonchev–Trinajstić information content (AvgIpc) is 3.31. The van der Waals surface area contributed by atoms with Crippen molar-refractivity contribution in [2.24, 2.45) is 5.92 Å². The summed E-state index contributed by atoms with van der Waals surface area (Å²) in [4.78, 5) is 83.4. The van der Waals surface area contributed by atoms with Crippen LogP contribution in [0.25, 0.3) is 0 Å². The maximum absolute atomic E-state index is 14.6. The van der Waals surface area contributed by atoms with Gasteiger partial charge in [0.1, 0.15) is 37.4 Å². The van der Waals surface area contributed by atoms with Gasteiger partial charge in [0.25, 0.3) is 0 Å². The van der Waals surface area contributed by atoms with E-state index in [2.05, 4.69) is 16.0 Å². The Balaban J connectivity index is 1.26. The van der Waals surface area contributed by atoms with Crippen LogP contribution in [0, 0.1) is 5.92 Å². The second kappa shape index (κ2) is 24.7. The van der Waals surface area contributed by atoms with Gasteiger partial charge >= 0.3 is 18.0 Å². The van der Waals surface area contributed by atoms with Crippen molar-refractivity contribution in [3.8, 4) is 0 Å². The lowest BCUT2D eigenvalue weighted by atomic mass is 9.93. The van der Waals surface area contributed by atoms with Crippen molar-refractivity contribution in [1.29, 1.82) is 0 Å². The van der Waals surface area contributed by atoms with Crippen LogP contribution in [0.15, 0.2) is 121 Å². The third-order valence-corrected chi connectivity index (χ3v) is 10.9. The van der Waals surface area contributed by atoms with Crippen LogP contribution in [0.4, 0.5) is 4.79 Å². The number of ether oxygens (including phenoxy) is 3. The highest BCUT2D eigenvalue weighted by atomic mass is 16.5. The van der Waals surface area contributed by atoms with E-state index < -0.39 is 59.9 Å². The fraction of sp³-hybridized carbons (Fsp3) is 0.388. The van der Waals surface area contributed by atoms with Crippen molar-refractivity contribution in [1.82, 2.24) is 20.9 Å². The summed E-state index contributed by atoms with van der Waals surface area (Å²) >= 11 is 0. The molecule has 0 radical (unpaired) electrons. The molecule has 0 aliphatic carbocycles. The first-order valence-corrected chi connectivity index (χ1v) is 21.5. The number of benzene rings is 4. The third kappa shape index (κ3) is 14.6. The second-order valence-corrected chi connectivity index (χ2v) is 15.5. The van der Waals surface area contributed by atoms with Crippen molar-refractivity contribution in [2.75, 3.05) is 13.2 Å². The van der Waals surface area contributed by atoms with Gasteiger partial charge in [-0.05, 0) is 73.3 Å². The fourth-order valence-electron chi connectivity index (χ4n) is 7.17. The number of esters is 2. The quantitative estimate of drug-likeness (QED) is 0.0470. The number of hydrogen-bond donors (Lipinski definition) is 3. The van der Waals surface area contributed by atoms with Crippen LogP contribution in [-0.2, 0) is 53.0 Å². The molecule has 13 heteroatoms. The lowest BCUT2D eigenvalue weighted by Crippen LogP contribution is -2.61. The number of hydrogen-bond acceptors (Lipinski definition) is 9. The zero-order valence-electron chi connectivity index (χ0n) is 35.5. The van der Waals surface area contributed by atoms with Gasteiger partial charge in [-0.15, -0.1) is 0 Å². The summed E-state index contributed by atoms with van der Waals surface area (Å²) < 4.78 is 16.5. The molecule has 1 saturated heterocycles. The number of nitrogens with zero attached hydrogens (tertiary/aromatic N) is 1. The Hall–Kier alpha value is -6.50. The standard InChI is InChI=1S/C49H58N4O9/c1-3-35(2)43(52-44(54)41(32-36-20-8-4-9-21-36)51-49(59)62-34-38-24-12-6-13-25-38)46(56)53-30-18-16-29-42(53)45(55)50-40(48(58)61-33-37-22-10-5-11-23-37)28-17-19-31-60-47(57)39-26-14-7-15-27-39/h4-15,20-27,35,40-43H,3,16-19,28-34H2,1-2H3,(H,50,55)(H,51,59)(H,52,54)/t35-,40-,41+,42-,43-/m0/s1. The Morgan fingerprint density at radius 1 is 0.661 bits per heavy atom. The van der Waals surface area contributed by atoms with Gasteiger partial charge in [-0.25, -0.2) is 14.4 Å². The molecule has 0 unspecified atom stereocenters. The van der Waals surface area contributed by atoms with Gasteiger partial charge in [0, 0.05) is 13.0 Å². The maximum atomic E-state index is 14.6. The predicted octanol–water partition coefficient (Wildman–Crippen LogP) is 6.69. The van der Waals surface area contributed by atoms with Crippen molar-refractivity contribution in [2.45, 2.75) is 103 Å². The van der Waals surface area contributed by atoms with Gasteiger partial charge in [-0.3, -0.25) is 14.4 Å². The highest BCUT2D eigenvalue weighted by Gasteiger charge is 2.40. The Bertz CT molecular complexity index is 2040. The van der Waals surface area contributed by atoms with Crippen LogP contribution in [0.1, 0.15) is 85.8 Å². The highest BCUT2D eigenvalue weighted by molar-refractivity contribution is 5.95. The number of rotatable bonds is 21. The number of alkyl carbamates (subject to hydrolysis) is 1. The predicted molar refractivity (Wildman–Crippen MR) is 233 cm³/mol. The van der Waals surface area contributed by atoms with Gasteiger partial charge in [0.05, 0.1) is 12.2 Å². The first-order valence-electron chi connectivity index (χ1n) is 21.5. The van der Waals surface area contributed by atoms with E-state index in [1.807, 2.05) is 111 Å². The van der Waals surface area contributed by atoms with E-state index >= 15 is 0 Å². The Morgan fingerprint density at radius 2 is 1.24 bits per heavy atom. The first kappa shape index (κ1) is 46.6. The summed E-state index contributed by atoms with van der Waals surface area (Å²) in [6, 6.07) is 32.2. The molecule has 62 heavy (non-hydrogen) atoms. The normalized spacial score (nSPS) is 15.5. The fourth-order valence-corrected chi connectivity index (χ4v) is 7.17. The van der Waals surface area contributed by atoms with Crippen LogP contribution >= 0.6 is 0 Å². The molecule has 13 nitrogen and oxygen atoms in total. The number of likely N-dealkylation sites (tertiary alicyclic amines) is 1. The first-order chi connectivity index (χ1) is 30.1. The van der Waals surface area contributed by atoms with E-state index in [1.165, 1.54) is 4.90 Å². The van der Waals surface area contributed by atoms with Crippen molar-refractivity contribution in [3.63, 3.8) is 0 Å². The van der Waals surface area contributed by atoms with E-state index in [-0.39, 0.29) is 45.1 Å². The summed E-state index contributed by atoms with van der Waals surface area (Å²) in [6.45, 7) is 4.17. The number of carbonyl (C=O) groups is 6. The molecule has 328 valence electrons. The minimum Gasteiger partial charge on any atom is -0.462 e. The lowest BCUT2D eigenvalue weighted by Gasteiger charge is -2.39. The van der Waals surface area contributed by atoms with Gasteiger partial charge in [0.2, 0.25) is 17.7 Å². The summed E-state index contributed by atoms with van der Waals surface area (Å²) in [6.07, 6.45) is 2.64. The second-order valence-electron chi connectivity index (χ2n) is 15.5. The summed E-state index contributed by atoms with van der Waals surface area (Å²) in [5.41, 5.74) is 2.80. The van der Waals surface area contributed by atoms with Gasteiger partial charge in [-0.2, -0.15) is 0 Å². The molecule has 5 rings (SSSR count). The van der Waals surface area contributed by atoms with E-state index in [4.69, 9.17) is 14.2 Å². The molecule has 0 aromatic heterocycles. The summed E-state index contributed by atoms with van der Waals surface area (Å²) in [7, 11) is 0. The summed E-state index contributed by atoms with van der Waals surface area (Å²) in [5, 5.41) is 8.52. The molecule has 0 spiro atoms. The molecule has 1 aliphatic heterocycles. The molecular weight excluding hydrogens is 789 g/mol. The highest BCUT2D eigenvalue weighted by Crippen LogP contribution is 2.22. The molecule has 1 fully saturated rings. The zero-order chi connectivity index (χ0) is 44.1. The van der Waals surface area contributed by atoms with Crippen LogP contribution in [0.5, 0.6) is 0 Å². The SMILES string of the molecule is CC[C@H](C)[C@H](NC(=O)[C@@H](Cc1ccccc1)NC(=O)OCc1ccccc1)C(=O)N1CCCC[C@H]1C(=O)N[C@@H](CCCCOC(=O)c1ccccc1)C(=O)OCc1ccccc1. The Labute approximate surface area is 363 Å². The largest absolute Gasteiger partial charge is 0.462 e. The van der Waals surface area contributed by atoms with Crippen molar-refractivity contribution >= 4 is 35.8 Å². The van der Waals surface area contributed by atoms with E-state index in [1.54, 1.807) is 24.3 Å². The molecular formula is C49H58N4O9. The van der Waals surface area contributed by atoms with Gasteiger partial charge in [-0.1, -0.05) is 129 Å². The zero-order valence-corrected chi connectivity index (χ0v) is 35.5. The topological polar surface area (TPSA) is 169 Å². The van der Waals surface area contributed by atoms with E-state index in [0.717, 1.165) is 16.7 Å². The monoisotopic (exact) mass is 846 g/mol. The Kier molecular flexibility index (Phi) is 18.5. The molecule has 5 atom stereocenters. The molecule has 4 aromatic carbocycles. The minimum atomic E-state index is -1.08. The van der Waals surface area contributed by atoms with Gasteiger partial charge < -0.3 is 35.1 Å². The van der Waals surface area contributed by atoms with Crippen molar-refractivity contribution < 1.29 is 43.0 Å². The van der Waals surface area contributed by atoms with Gasteiger partial charge in [0.15, 0.2) is 0 Å². The molecule has 3 N–H and O–H groups in total.